The van der Waals surface area contributed by atoms with Gasteiger partial charge in [-0.1, -0.05) is 18.2 Å². The average molecular weight is 394 g/mol. The number of benzene rings is 2. The molecule has 2 heterocycles. The van der Waals surface area contributed by atoms with Crippen molar-refractivity contribution in [1.29, 1.82) is 0 Å². The highest BCUT2D eigenvalue weighted by atomic mass is 19.4. The third kappa shape index (κ3) is 4.18. The lowest BCUT2D eigenvalue weighted by Crippen LogP contribution is -2.06. The molecule has 146 valence electrons. The van der Waals surface area contributed by atoms with E-state index in [0.29, 0.717) is 12.4 Å². The Kier molecular flexibility index (Phi) is 4.88. The standard InChI is InChI=1S/C22H17F3N4/c1-14-10-17(8-9-26-14)16-4-7-19-20(11-16)28-13-29-21(19)27-12-15-2-5-18(6-3-15)22(23,24)25/h2-11,13H,12H2,1H3,(H,27,28,29). The van der Waals surface area contributed by atoms with Crippen LogP contribution in [0.15, 0.2) is 67.1 Å². The van der Waals surface area contributed by atoms with Crippen LogP contribution < -0.4 is 5.32 Å². The highest BCUT2D eigenvalue weighted by molar-refractivity contribution is 5.91. The summed E-state index contributed by atoms with van der Waals surface area (Å²) in [5, 5.41) is 4.03. The lowest BCUT2D eigenvalue weighted by Gasteiger charge is -2.11. The Balaban J connectivity index is 1.57. The van der Waals surface area contributed by atoms with E-state index in [2.05, 4.69) is 20.3 Å². The topological polar surface area (TPSA) is 50.7 Å². The van der Waals surface area contributed by atoms with E-state index in [-0.39, 0.29) is 0 Å². The normalized spacial score (nSPS) is 11.6. The highest BCUT2D eigenvalue weighted by Gasteiger charge is 2.29. The summed E-state index contributed by atoms with van der Waals surface area (Å²) < 4.78 is 38.1. The van der Waals surface area contributed by atoms with Gasteiger partial charge in [-0.3, -0.25) is 4.98 Å². The predicted octanol–water partition coefficient (Wildman–Crippen LogP) is 5.63. The van der Waals surface area contributed by atoms with Crippen molar-refractivity contribution in [3.63, 3.8) is 0 Å². The molecular weight excluding hydrogens is 377 g/mol. The summed E-state index contributed by atoms with van der Waals surface area (Å²) in [5.41, 5.74) is 3.86. The zero-order valence-corrected chi connectivity index (χ0v) is 15.5. The van der Waals surface area contributed by atoms with Crippen LogP contribution in [-0.4, -0.2) is 15.0 Å². The quantitative estimate of drug-likeness (QED) is 0.487. The minimum Gasteiger partial charge on any atom is -0.365 e. The van der Waals surface area contributed by atoms with Crippen LogP contribution in [0.1, 0.15) is 16.8 Å². The second-order valence-corrected chi connectivity index (χ2v) is 6.69. The minimum absolute atomic E-state index is 0.357. The highest BCUT2D eigenvalue weighted by Crippen LogP contribution is 2.30. The van der Waals surface area contributed by atoms with Crippen LogP contribution >= 0.6 is 0 Å². The first kappa shape index (κ1) is 18.9. The summed E-state index contributed by atoms with van der Waals surface area (Å²) in [6, 6.07) is 14.9. The van der Waals surface area contributed by atoms with Crippen LogP contribution in [0, 0.1) is 6.92 Å². The van der Waals surface area contributed by atoms with Crippen LogP contribution in [-0.2, 0) is 12.7 Å². The fourth-order valence-electron chi connectivity index (χ4n) is 3.10. The van der Waals surface area contributed by atoms with Gasteiger partial charge in [0, 0.05) is 23.8 Å². The molecule has 2 aromatic carbocycles. The number of aromatic nitrogens is 3. The molecule has 0 spiro atoms. The number of alkyl halides is 3. The third-order valence-corrected chi connectivity index (χ3v) is 4.61. The number of fused-ring (bicyclic) bond motifs is 1. The Hall–Kier alpha value is -3.48. The number of hydrogen-bond donors (Lipinski definition) is 1. The molecule has 0 bridgehead atoms. The van der Waals surface area contributed by atoms with Gasteiger partial charge in [0.05, 0.1) is 11.1 Å². The van der Waals surface area contributed by atoms with Crippen LogP contribution in [0.25, 0.3) is 22.0 Å². The molecule has 4 aromatic rings. The first-order valence-corrected chi connectivity index (χ1v) is 8.98. The number of pyridine rings is 1. The van der Waals surface area contributed by atoms with Crippen LogP contribution in [0.4, 0.5) is 19.0 Å². The van der Waals surface area contributed by atoms with Crippen LogP contribution in [0.3, 0.4) is 0 Å². The number of nitrogens with one attached hydrogen (secondary N) is 1. The summed E-state index contributed by atoms with van der Waals surface area (Å²) in [6.45, 7) is 2.30. The molecule has 0 fully saturated rings. The van der Waals surface area contributed by atoms with Gasteiger partial charge in [0.15, 0.2) is 0 Å². The van der Waals surface area contributed by atoms with Gasteiger partial charge in [0.25, 0.3) is 0 Å². The fraction of sp³-hybridized carbons (Fsp3) is 0.136. The number of aryl methyl sites for hydroxylation is 1. The fourth-order valence-corrected chi connectivity index (χ4v) is 3.10. The van der Waals surface area contributed by atoms with E-state index in [9.17, 15) is 13.2 Å². The number of halogens is 3. The van der Waals surface area contributed by atoms with Crippen molar-refractivity contribution in [1.82, 2.24) is 15.0 Å². The first-order chi connectivity index (χ1) is 13.9. The molecule has 7 heteroatoms. The van der Waals surface area contributed by atoms with Crippen molar-refractivity contribution < 1.29 is 13.2 Å². The van der Waals surface area contributed by atoms with Gasteiger partial charge in [-0.05, 0) is 60.0 Å². The molecule has 0 saturated heterocycles. The van der Waals surface area contributed by atoms with Gasteiger partial charge in [-0.25, -0.2) is 9.97 Å². The lowest BCUT2D eigenvalue weighted by molar-refractivity contribution is -0.137. The molecule has 4 rings (SSSR count). The molecule has 29 heavy (non-hydrogen) atoms. The smallest absolute Gasteiger partial charge is 0.365 e. The van der Waals surface area contributed by atoms with E-state index < -0.39 is 11.7 Å². The molecule has 0 atom stereocenters. The molecule has 0 unspecified atom stereocenters. The molecule has 1 N–H and O–H groups in total. The Labute approximate surface area is 165 Å². The number of anilines is 1. The largest absolute Gasteiger partial charge is 0.416 e. The van der Waals surface area contributed by atoms with Gasteiger partial charge < -0.3 is 5.32 Å². The third-order valence-electron chi connectivity index (χ3n) is 4.61. The maximum absolute atomic E-state index is 12.7. The van der Waals surface area contributed by atoms with Gasteiger partial charge in [0.2, 0.25) is 0 Å². The Morgan fingerprint density at radius 1 is 0.862 bits per heavy atom. The molecule has 0 aliphatic carbocycles. The molecule has 4 nitrogen and oxygen atoms in total. The molecule has 0 saturated carbocycles. The summed E-state index contributed by atoms with van der Waals surface area (Å²) in [4.78, 5) is 12.9. The van der Waals surface area contributed by atoms with Crippen molar-refractivity contribution in [2.45, 2.75) is 19.6 Å². The summed E-state index contributed by atoms with van der Waals surface area (Å²) >= 11 is 0. The van der Waals surface area contributed by atoms with Crippen LogP contribution in [0.2, 0.25) is 0 Å². The minimum atomic E-state index is -4.33. The van der Waals surface area contributed by atoms with E-state index in [1.54, 1.807) is 6.20 Å². The van der Waals surface area contributed by atoms with Gasteiger partial charge >= 0.3 is 6.18 Å². The Morgan fingerprint density at radius 3 is 2.34 bits per heavy atom. The average Bonchev–Trinajstić information content (AvgIpc) is 2.71. The van der Waals surface area contributed by atoms with E-state index in [4.69, 9.17) is 0 Å². The molecular formula is C22H17F3N4. The zero-order chi connectivity index (χ0) is 20.4. The maximum Gasteiger partial charge on any atom is 0.416 e. The number of hydrogen-bond acceptors (Lipinski definition) is 4. The van der Waals surface area contributed by atoms with E-state index in [1.807, 2.05) is 37.3 Å². The van der Waals surface area contributed by atoms with E-state index in [1.165, 1.54) is 18.5 Å². The van der Waals surface area contributed by atoms with Crippen molar-refractivity contribution in [2.75, 3.05) is 5.32 Å². The molecule has 0 amide bonds. The predicted molar refractivity (Wildman–Crippen MR) is 106 cm³/mol. The van der Waals surface area contributed by atoms with Crippen molar-refractivity contribution in [3.05, 3.63) is 83.9 Å². The zero-order valence-electron chi connectivity index (χ0n) is 15.5. The van der Waals surface area contributed by atoms with Crippen LogP contribution in [0.5, 0.6) is 0 Å². The van der Waals surface area contributed by atoms with E-state index in [0.717, 1.165) is 45.4 Å². The van der Waals surface area contributed by atoms with Gasteiger partial charge in [-0.15, -0.1) is 0 Å². The monoisotopic (exact) mass is 394 g/mol. The summed E-state index contributed by atoms with van der Waals surface area (Å²) in [7, 11) is 0. The first-order valence-electron chi connectivity index (χ1n) is 8.98. The molecule has 0 aliphatic rings. The van der Waals surface area contributed by atoms with Gasteiger partial charge in [0.1, 0.15) is 12.1 Å². The summed E-state index contributed by atoms with van der Waals surface area (Å²) in [5.74, 6) is 0.632. The number of nitrogens with zero attached hydrogens (tertiary/aromatic N) is 3. The Bertz CT molecular complexity index is 1150. The van der Waals surface area contributed by atoms with Crippen molar-refractivity contribution in [3.8, 4) is 11.1 Å². The lowest BCUT2D eigenvalue weighted by atomic mass is 10.0. The van der Waals surface area contributed by atoms with Gasteiger partial charge in [-0.2, -0.15) is 13.2 Å². The Morgan fingerprint density at radius 2 is 1.62 bits per heavy atom. The van der Waals surface area contributed by atoms with E-state index >= 15 is 0 Å². The second kappa shape index (κ2) is 7.50. The second-order valence-electron chi connectivity index (χ2n) is 6.69. The maximum atomic E-state index is 12.7. The number of rotatable bonds is 4. The molecule has 0 radical (unpaired) electrons. The molecule has 2 aromatic heterocycles. The molecule has 0 aliphatic heterocycles. The van der Waals surface area contributed by atoms with Crippen molar-refractivity contribution >= 4 is 16.7 Å². The SMILES string of the molecule is Cc1cc(-c2ccc3c(NCc4ccc(C(F)(F)F)cc4)ncnc3c2)ccn1. The van der Waals surface area contributed by atoms with Crippen molar-refractivity contribution in [2.24, 2.45) is 0 Å². The summed E-state index contributed by atoms with van der Waals surface area (Å²) in [6.07, 6.45) is -1.09.